The zero-order chi connectivity index (χ0) is 28.2. The number of amides is 1. The number of hydrogen-bond donors (Lipinski definition) is 3. The molecule has 2 aromatic rings. The molecular weight excluding hydrogens is 550 g/mol. The van der Waals surface area contributed by atoms with E-state index >= 15 is 0 Å². The molecule has 0 spiro atoms. The number of carbonyl (C=O) groups is 1. The van der Waals surface area contributed by atoms with Crippen molar-refractivity contribution < 1.29 is 18.0 Å². The molecule has 2 fully saturated rings. The number of nitrogens with zero attached hydrogens (tertiary/aromatic N) is 2. The zero-order valence-electron chi connectivity index (χ0n) is 21.8. The van der Waals surface area contributed by atoms with Crippen LogP contribution in [0, 0.1) is 5.92 Å². The number of aliphatic imine (C=N–C) groups is 1. The second-order valence-electron chi connectivity index (χ2n) is 10.4. The van der Waals surface area contributed by atoms with Crippen molar-refractivity contribution in [1.82, 2.24) is 10.2 Å². The van der Waals surface area contributed by atoms with E-state index in [-0.39, 0.29) is 37.3 Å². The first-order valence-corrected chi connectivity index (χ1v) is 14.0. The molecule has 4 N–H and O–H groups in total. The fourth-order valence-electron chi connectivity index (χ4n) is 5.34. The number of carbonyl (C=O) groups excluding carboxylic acids is 1. The van der Waals surface area contributed by atoms with Crippen LogP contribution >= 0.6 is 23.2 Å². The Balaban J connectivity index is 1.55. The number of rotatable bonds is 6. The van der Waals surface area contributed by atoms with Crippen molar-refractivity contribution in [1.29, 1.82) is 0 Å². The summed E-state index contributed by atoms with van der Waals surface area (Å²) in [5.74, 6) is -1.36. The van der Waals surface area contributed by atoms with E-state index in [1.807, 2.05) is 24.3 Å². The molecule has 0 aromatic heterocycles. The molecule has 1 aliphatic heterocycles. The summed E-state index contributed by atoms with van der Waals surface area (Å²) in [4.78, 5) is 18.9. The van der Waals surface area contributed by atoms with E-state index in [1.165, 1.54) is 0 Å². The smallest absolute Gasteiger partial charge is 0.370 e. The molecule has 1 saturated carbocycles. The number of halogens is 5. The number of alkyl halides is 3. The second-order valence-corrected chi connectivity index (χ2v) is 11.3. The van der Waals surface area contributed by atoms with Gasteiger partial charge in [-0.2, -0.15) is 13.2 Å². The fourth-order valence-corrected chi connectivity index (χ4v) is 5.88. The van der Waals surface area contributed by atoms with Gasteiger partial charge in [-0.25, -0.2) is 4.99 Å². The minimum atomic E-state index is -4.14. The Morgan fingerprint density at radius 1 is 1.15 bits per heavy atom. The summed E-state index contributed by atoms with van der Waals surface area (Å²) in [7, 11) is 0. The lowest BCUT2D eigenvalue weighted by Crippen LogP contribution is -2.53. The minimum absolute atomic E-state index is 0.0834. The van der Waals surface area contributed by atoms with Crippen LogP contribution in [-0.4, -0.2) is 54.7 Å². The van der Waals surface area contributed by atoms with Crippen LogP contribution in [0.5, 0.6) is 0 Å². The number of nitrogens with one attached hydrogen (secondary N) is 2. The van der Waals surface area contributed by atoms with Gasteiger partial charge >= 0.3 is 6.18 Å². The molecule has 1 aliphatic carbocycles. The van der Waals surface area contributed by atoms with E-state index in [0.717, 1.165) is 36.4 Å². The van der Waals surface area contributed by atoms with Crippen LogP contribution < -0.4 is 16.4 Å². The van der Waals surface area contributed by atoms with Crippen LogP contribution in [0.15, 0.2) is 47.5 Å². The standard InChI is InChI=1S/C28H34Cl2F3N5O/c1-17-16-38(13-12-35-17)27(37-22-9-4-19(5-10-22)28(31,32)33)36-21-7-2-18(3-8-21)24(15-26(34)39)23-11-6-20(29)14-25(23)30/h2-3,6-8,11,14,17,19,22,24,35H,4-5,9-10,12-13,15-16H2,1H3,(H2,34,39)(H,36,37)/t17-,19?,22?,24?/m0/s1. The Hall–Kier alpha value is -2.49. The predicted octanol–water partition coefficient (Wildman–Crippen LogP) is 6.18. The topological polar surface area (TPSA) is 82.8 Å². The highest BCUT2D eigenvalue weighted by molar-refractivity contribution is 6.35. The monoisotopic (exact) mass is 583 g/mol. The van der Waals surface area contributed by atoms with Crippen molar-refractivity contribution in [2.45, 2.75) is 63.2 Å². The molecule has 39 heavy (non-hydrogen) atoms. The summed E-state index contributed by atoms with van der Waals surface area (Å²) in [6.07, 6.45) is -3.04. The highest BCUT2D eigenvalue weighted by Crippen LogP contribution is 2.38. The van der Waals surface area contributed by atoms with Crippen LogP contribution in [0.4, 0.5) is 18.9 Å². The van der Waals surface area contributed by atoms with Crippen LogP contribution in [0.25, 0.3) is 0 Å². The molecule has 11 heteroatoms. The first-order chi connectivity index (χ1) is 18.5. The Kier molecular flexibility index (Phi) is 9.67. The molecule has 2 aromatic carbocycles. The van der Waals surface area contributed by atoms with Crippen molar-refractivity contribution in [3.8, 4) is 0 Å². The highest BCUT2D eigenvalue weighted by atomic mass is 35.5. The quantitative estimate of drug-likeness (QED) is 0.280. The van der Waals surface area contributed by atoms with E-state index in [0.29, 0.717) is 28.8 Å². The summed E-state index contributed by atoms with van der Waals surface area (Å²) in [5, 5.41) is 7.78. The normalized spacial score (nSPS) is 23.4. The molecule has 0 radical (unpaired) electrons. The van der Waals surface area contributed by atoms with Gasteiger partial charge in [0.05, 0.1) is 12.0 Å². The molecule has 1 unspecified atom stereocenters. The number of nitrogens with two attached hydrogens (primary N) is 1. The number of benzene rings is 2. The summed E-state index contributed by atoms with van der Waals surface area (Å²) in [5.41, 5.74) is 7.96. The number of primary amides is 1. The lowest BCUT2D eigenvalue weighted by atomic mass is 9.86. The summed E-state index contributed by atoms with van der Waals surface area (Å²) in [6.45, 7) is 4.35. The average Bonchev–Trinajstić information content (AvgIpc) is 2.87. The molecule has 6 nitrogen and oxygen atoms in total. The van der Waals surface area contributed by atoms with E-state index in [1.54, 1.807) is 18.2 Å². The van der Waals surface area contributed by atoms with Crippen LogP contribution in [0.3, 0.4) is 0 Å². The van der Waals surface area contributed by atoms with Crippen molar-refractivity contribution in [3.63, 3.8) is 0 Å². The maximum absolute atomic E-state index is 13.2. The molecule has 4 rings (SSSR count). The van der Waals surface area contributed by atoms with Gasteiger partial charge in [-0.05, 0) is 68.0 Å². The third kappa shape index (κ3) is 8.02. The second kappa shape index (κ2) is 12.8. The van der Waals surface area contributed by atoms with E-state index < -0.39 is 18.0 Å². The Labute approximate surface area is 237 Å². The Bertz CT molecular complexity index is 1170. The number of piperazine rings is 1. The summed E-state index contributed by atoms with van der Waals surface area (Å²) < 4.78 is 39.5. The summed E-state index contributed by atoms with van der Waals surface area (Å²) >= 11 is 12.5. The fraction of sp³-hybridized carbons (Fsp3) is 0.500. The number of hydrogen-bond acceptors (Lipinski definition) is 3. The average molecular weight is 585 g/mol. The molecule has 1 amide bonds. The largest absolute Gasteiger partial charge is 0.391 e. The van der Waals surface area contributed by atoms with Gasteiger partial charge in [0.15, 0.2) is 5.96 Å². The van der Waals surface area contributed by atoms with E-state index in [4.69, 9.17) is 33.9 Å². The summed E-state index contributed by atoms with van der Waals surface area (Å²) in [6, 6.07) is 12.9. The molecule has 2 atom stereocenters. The van der Waals surface area contributed by atoms with Gasteiger partial charge in [-0.3, -0.25) is 4.79 Å². The zero-order valence-corrected chi connectivity index (χ0v) is 23.3. The van der Waals surface area contributed by atoms with E-state index in [9.17, 15) is 18.0 Å². The lowest BCUT2D eigenvalue weighted by Gasteiger charge is -2.36. The van der Waals surface area contributed by atoms with Gasteiger partial charge in [0, 0.05) is 53.7 Å². The maximum Gasteiger partial charge on any atom is 0.391 e. The molecule has 2 aliphatic rings. The number of anilines is 1. The van der Waals surface area contributed by atoms with Gasteiger partial charge in [0.1, 0.15) is 0 Å². The first-order valence-electron chi connectivity index (χ1n) is 13.2. The van der Waals surface area contributed by atoms with Crippen LogP contribution in [0.2, 0.25) is 10.0 Å². The van der Waals surface area contributed by atoms with Gasteiger partial charge in [-0.1, -0.05) is 41.4 Å². The molecule has 1 heterocycles. The molecule has 212 valence electrons. The molecular formula is C28H34Cl2F3N5O. The van der Waals surface area contributed by atoms with E-state index in [2.05, 4.69) is 22.5 Å². The van der Waals surface area contributed by atoms with Crippen LogP contribution in [-0.2, 0) is 4.79 Å². The van der Waals surface area contributed by atoms with Crippen molar-refractivity contribution in [2.24, 2.45) is 16.6 Å². The predicted molar refractivity (Wildman–Crippen MR) is 150 cm³/mol. The number of guanidine groups is 1. The van der Waals surface area contributed by atoms with Crippen molar-refractivity contribution >= 4 is 40.8 Å². The molecule has 0 bridgehead atoms. The third-order valence-electron chi connectivity index (χ3n) is 7.45. The van der Waals surface area contributed by atoms with Crippen molar-refractivity contribution in [3.05, 3.63) is 63.6 Å². The SMILES string of the molecule is C[C@H]1CN(/C(=N\C2CCC(C(F)(F)F)CC2)Nc2ccc(C(CC(N)=O)c3ccc(Cl)cc3Cl)cc2)CCN1. The van der Waals surface area contributed by atoms with Gasteiger partial charge < -0.3 is 21.3 Å². The Morgan fingerprint density at radius 2 is 1.85 bits per heavy atom. The minimum Gasteiger partial charge on any atom is -0.370 e. The van der Waals surface area contributed by atoms with Crippen LogP contribution in [0.1, 0.15) is 56.1 Å². The molecule has 1 saturated heterocycles. The van der Waals surface area contributed by atoms with Gasteiger partial charge in [0.2, 0.25) is 5.91 Å². The highest BCUT2D eigenvalue weighted by Gasteiger charge is 2.41. The van der Waals surface area contributed by atoms with Crippen molar-refractivity contribution in [2.75, 3.05) is 25.0 Å². The van der Waals surface area contributed by atoms with Gasteiger partial charge in [0.25, 0.3) is 0 Å². The third-order valence-corrected chi connectivity index (χ3v) is 8.01. The first kappa shape index (κ1) is 29.5. The lowest BCUT2D eigenvalue weighted by molar-refractivity contribution is -0.182. The Morgan fingerprint density at radius 3 is 2.44 bits per heavy atom. The maximum atomic E-state index is 13.2. The van der Waals surface area contributed by atoms with Gasteiger partial charge in [-0.15, -0.1) is 0 Å².